The van der Waals surface area contributed by atoms with E-state index < -0.39 is 36.4 Å². The molecule has 3 atom stereocenters. The minimum Gasteiger partial charge on any atom is -0.465 e. The molecule has 1 fully saturated rings. The van der Waals surface area contributed by atoms with E-state index in [1.165, 1.54) is 28.9 Å². The Hall–Kier alpha value is -2.58. The zero-order chi connectivity index (χ0) is 24.7. The van der Waals surface area contributed by atoms with Gasteiger partial charge < -0.3 is 14.7 Å². The number of alkyl halides is 2. The standard InChI is InChI=1S/C26H31F2NO4S/c1-18(10-11-19-7-4-3-5-8-19)22(30)14-12-20-17-26(27,28)25(32)29(20)16-6-9-21-13-15-23(34-21)24(31)33-2/h3-5,7-8,12-15,18,20,22,30H,6,9-11,16-17H2,1-2H3/t18-,20?,22?/m0/s1. The van der Waals surface area contributed by atoms with Crippen molar-refractivity contribution in [1.29, 1.82) is 0 Å². The number of methoxy groups -OCH3 is 1. The highest BCUT2D eigenvalue weighted by Crippen LogP contribution is 2.34. The first-order chi connectivity index (χ1) is 16.2. The lowest BCUT2D eigenvalue weighted by Gasteiger charge is -2.22. The Morgan fingerprint density at radius 3 is 2.71 bits per heavy atom. The van der Waals surface area contributed by atoms with Crippen LogP contribution in [0, 0.1) is 5.92 Å². The lowest BCUT2D eigenvalue weighted by Crippen LogP contribution is -2.36. The Bertz CT molecular complexity index is 992. The van der Waals surface area contributed by atoms with Crippen LogP contribution in [0.2, 0.25) is 0 Å². The van der Waals surface area contributed by atoms with Crippen LogP contribution in [0.25, 0.3) is 0 Å². The van der Waals surface area contributed by atoms with Crippen molar-refractivity contribution in [3.8, 4) is 0 Å². The summed E-state index contributed by atoms with van der Waals surface area (Å²) in [4.78, 5) is 26.5. The van der Waals surface area contributed by atoms with Crippen molar-refractivity contribution in [2.24, 2.45) is 5.92 Å². The number of esters is 1. The number of rotatable bonds is 11. The number of thiophene rings is 1. The second-order valence-corrected chi connectivity index (χ2v) is 9.88. The Morgan fingerprint density at radius 1 is 1.26 bits per heavy atom. The van der Waals surface area contributed by atoms with Crippen LogP contribution in [0.4, 0.5) is 8.78 Å². The van der Waals surface area contributed by atoms with Crippen LogP contribution >= 0.6 is 11.3 Å². The van der Waals surface area contributed by atoms with E-state index in [4.69, 9.17) is 4.74 Å². The van der Waals surface area contributed by atoms with Gasteiger partial charge >= 0.3 is 11.9 Å². The Labute approximate surface area is 203 Å². The van der Waals surface area contributed by atoms with Gasteiger partial charge in [-0.05, 0) is 49.3 Å². The number of aliphatic hydroxyl groups is 1. The summed E-state index contributed by atoms with van der Waals surface area (Å²) in [5.41, 5.74) is 1.18. The third kappa shape index (κ3) is 6.73. The number of aliphatic hydroxyl groups excluding tert-OH is 1. The van der Waals surface area contributed by atoms with Crippen LogP contribution in [0.3, 0.4) is 0 Å². The molecule has 1 aliphatic rings. The summed E-state index contributed by atoms with van der Waals surface area (Å²) in [6.07, 6.45) is 4.35. The largest absolute Gasteiger partial charge is 0.465 e. The molecule has 3 rings (SSSR count). The monoisotopic (exact) mass is 491 g/mol. The van der Waals surface area contributed by atoms with Gasteiger partial charge in [0.05, 0.1) is 19.3 Å². The number of likely N-dealkylation sites (tertiary alicyclic amines) is 1. The number of aryl methyl sites for hydroxylation is 2. The average Bonchev–Trinajstić information content (AvgIpc) is 3.39. The SMILES string of the molecule is COC(=O)c1ccc(CCCN2C(=O)C(F)(F)CC2C=CC(O)[C@@H](C)CCc2ccccc2)s1. The molecular formula is C26H31F2NO4S. The fraction of sp³-hybridized carbons (Fsp3) is 0.462. The van der Waals surface area contributed by atoms with Gasteiger partial charge in [0.2, 0.25) is 0 Å². The molecule has 0 spiro atoms. The van der Waals surface area contributed by atoms with E-state index in [0.717, 1.165) is 17.7 Å². The van der Waals surface area contributed by atoms with E-state index in [1.54, 1.807) is 18.2 Å². The van der Waals surface area contributed by atoms with E-state index in [9.17, 15) is 23.5 Å². The number of hydrogen-bond acceptors (Lipinski definition) is 5. The molecule has 1 aromatic carbocycles. The highest BCUT2D eigenvalue weighted by atomic mass is 32.1. The topological polar surface area (TPSA) is 66.8 Å². The van der Waals surface area contributed by atoms with Crippen LogP contribution < -0.4 is 0 Å². The van der Waals surface area contributed by atoms with Gasteiger partial charge in [0.1, 0.15) is 4.88 Å². The third-order valence-electron chi connectivity index (χ3n) is 6.15. The molecular weight excluding hydrogens is 460 g/mol. The molecule has 0 saturated carbocycles. The quantitative estimate of drug-likeness (QED) is 0.359. The van der Waals surface area contributed by atoms with Gasteiger partial charge in [-0.15, -0.1) is 11.3 Å². The predicted octanol–water partition coefficient (Wildman–Crippen LogP) is 4.89. The molecule has 1 N–H and O–H groups in total. The highest BCUT2D eigenvalue weighted by Gasteiger charge is 2.52. The number of carbonyl (C=O) groups excluding carboxylic acids is 2. The maximum atomic E-state index is 14.2. The third-order valence-corrected chi connectivity index (χ3v) is 7.28. The van der Waals surface area contributed by atoms with Crippen molar-refractivity contribution in [2.75, 3.05) is 13.7 Å². The van der Waals surface area contributed by atoms with Crippen LogP contribution in [0.15, 0.2) is 54.6 Å². The van der Waals surface area contributed by atoms with E-state index >= 15 is 0 Å². The molecule has 2 heterocycles. The van der Waals surface area contributed by atoms with Gasteiger partial charge in [-0.3, -0.25) is 4.79 Å². The van der Waals surface area contributed by atoms with Crippen molar-refractivity contribution in [1.82, 2.24) is 4.90 Å². The fourth-order valence-corrected chi connectivity index (χ4v) is 5.02. The first kappa shape index (κ1) is 26.0. The van der Waals surface area contributed by atoms with Gasteiger partial charge in [-0.2, -0.15) is 8.78 Å². The number of amides is 1. The number of nitrogens with zero attached hydrogens (tertiary/aromatic N) is 1. The van der Waals surface area contributed by atoms with E-state index in [2.05, 4.69) is 0 Å². The molecule has 8 heteroatoms. The number of halogens is 2. The molecule has 1 aromatic heterocycles. The number of carbonyl (C=O) groups is 2. The molecule has 0 radical (unpaired) electrons. The first-order valence-electron chi connectivity index (χ1n) is 11.5. The molecule has 0 bridgehead atoms. The number of hydrogen-bond donors (Lipinski definition) is 1. The molecule has 0 aliphatic carbocycles. The summed E-state index contributed by atoms with van der Waals surface area (Å²) >= 11 is 1.30. The van der Waals surface area contributed by atoms with E-state index in [0.29, 0.717) is 17.7 Å². The Kier molecular flexibility index (Phi) is 8.97. The number of benzene rings is 1. The summed E-state index contributed by atoms with van der Waals surface area (Å²) < 4.78 is 33.0. The minimum atomic E-state index is -3.40. The van der Waals surface area contributed by atoms with Crippen LogP contribution in [-0.2, 0) is 22.4 Å². The zero-order valence-electron chi connectivity index (χ0n) is 19.5. The Balaban J connectivity index is 1.54. The van der Waals surface area contributed by atoms with E-state index in [-0.39, 0.29) is 12.5 Å². The molecule has 1 saturated heterocycles. The van der Waals surface area contributed by atoms with Crippen LogP contribution in [0.5, 0.6) is 0 Å². The van der Waals surface area contributed by atoms with Gasteiger partial charge in [-0.1, -0.05) is 49.4 Å². The van der Waals surface area contributed by atoms with Crippen molar-refractivity contribution < 1.29 is 28.2 Å². The molecule has 2 aromatic rings. The van der Waals surface area contributed by atoms with Gasteiger partial charge in [-0.25, -0.2) is 4.79 Å². The normalized spacial score (nSPS) is 19.5. The smallest absolute Gasteiger partial charge is 0.348 e. The fourth-order valence-electron chi connectivity index (χ4n) is 4.05. The van der Waals surface area contributed by atoms with Crippen LogP contribution in [0.1, 0.15) is 46.3 Å². The second kappa shape index (κ2) is 11.7. The summed E-state index contributed by atoms with van der Waals surface area (Å²) in [7, 11) is 1.32. The Morgan fingerprint density at radius 2 is 2.00 bits per heavy atom. The lowest BCUT2D eigenvalue weighted by atomic mass is 9.95. The van der Waals surface area contributed by atoms with Crippen molar-refractivity contribution >= 4 is 23.2 Å². The first-order valence-corrected chi connectivity index (χ1v) is 12.3. The maximum absolute atomic E-state index is 14.2. The molecule has 2 unspecified atom stereocenters. The highest BCUT2D eigenvalue weighted by molar-refractivity contribution is 7.13. The summed E-state index contributed by atoms with van der Waals surface area (Å²) in [6, 6.07) is 12.7. The predicted molar refractivity (Wildman–Crippen MR) is 128 cm³/mol. The zero-order valence-corrected chi connectivity index (χ0v) is 20.3. The van der Waals surface area contributed by atoms with Gasteiger partial charge in [0.25, 0.3) is 5.91 Å². The molecule has 1 aliphatic heterocycles. The van der Waals surface area contributed by atoms with Crippen molar-refractivity contribution in [3.05, 3.63) is 69.9 Å². The molecule has 34 heavy (non-hydrogen) atoms. The molecule has 5 nitrogen and oxygen atoms in total. The molecule has 1 amide bonds. The lowest BCUT2D eigenvalue weighted by molar-refractivity contribution is -0.148. The second-order valence-electron chi connectivity index (χ2n) is 8.71. The molecule has 184 valence electrons. The van der Waals surface area contributed by atoms with Crippen molar-refractivity contribution in [2.45, 2.75) is 57.1 Å². The van der Waals surface area contributed by atoms with E-state index in [1.807, 2.05) is 43.3 Å². The van der Waals surface area contributed by atoms with Gasteiger partial charge in [0, 0.05) is 17.8 Å². The number of ether oxygens (including phenoxy) is 1. The average molecular weight is 492 g/mol. The van der Waals surface area contributed by atoms with Crippen molar-refractivity contribution in [3.63, 3.8) is 0 Å². The summed E-state index contributed by atoms with van der Waals surface area (Å²) in [5, 5.41) is 10.5. The summed E-state index contributed by atoms with van der Waals surface area (Å²) in [5.74, 6) is -5.03. The van der Waals surface area contributed by atoms with Crippen LogP contribution in [-0.4, -0.2) is 53.6 Å². The van der Waals surface area contributed by atoms with Gasteiger partial charge in [0.15, 0.2) is 0 Å². The maximum Gasteiger partial charge on any atom is 0.348 e. The minimum absolute atomic E-state index is 0.0506. The summed E-state index contributed by atoms with van der Waals surface area (Å²) in [6.45, 7) is 2.10.